The Morgan fingerprint density at radius 2 is 1.60 bits per heavy atom. The maximum atomic E-state index is 12.9. The minimum atomic E-state index is -0.726. The molecular weight excluding hydrogens is 504 g/mol. The van der Waals surface area contributed by atoms with Gasteiger partial charge in [0, 0.05) is 25.2 Å². The first-order chi connectivity index (χ1) is 18.4. The summed E-state index contributed by atoms with van der Waals surface area (Å²) in [5.74, 6) is 0.735. The molecule has 6 aliphatic rings. The van der Waals surface area contributed by atoms with Gasteiger partial charge >= 0.3 is 11.9 Å². The summed E-state index contributed by atoms with van der Waals surface area (Å²) in [6.45, 7) is 18.4. The highest BCUT2D eigenvalue weighted by Gasteiger charge is 2.83. The van der Waals surface area contributed by atoms with Crippen LogP contribution in [0.2, 0.25) is 0 Å². The molecule has 1 heterocycles. The molecule has 0 radical (unpaired) electrons. The smallest absolute Gasteiger partial charge is 0.303 e. The van der Waals surface area contributed by atoms with Crippen molar-refractivity contribution in [3.63, 3.8) is 0 Å². The minimum absolute atomic E-state index is 0.0141. The van der Waals surface area contributed by atoms with Gasteiger partial charge in [-0.05, 0) is 112 Å². The van der Waals surface area contributed by atoms with E-state index >= 15 is 0 Å². The molecule has 6 nitrogen and oxygen atoms in total. The molecule has 0 N–H and O–H groups in total. The van der Waals surface area contributed by atoms with Crippen molar-refractivity contribution in [3.8, 4) is 0 Å². The van der Waals surface area contributed by atoms with E-state index in [1.165, 1.54) is 20.3 Å². The molecule has 6 rings (SSSR count). The molecule has 4 unspecified atom stereocenters. The Morgan fingerprint density at radius 1 is 0.925 bits per heavy atom. The van der Waals surface area contributed by atoms with Gasteiger partial charge in [0.25, 0.3) is 0 Å². The summed E-state index contributed by atoms with van der Waals surface area (Å²) in [7, 11) is 0. The summed E-state index contributed by atoms with van der Waals surface area (Å²) in [4.78, 5) is 37.3. The van der Waals surface area contributed by atoms with E-state index in [2.05, 4.69) is 40.7 Å². The summed E-state index contributed by atoms with van der Waals surface area (Å²) < 4.78 is 18.9. The third kappa shape index (κ3) is 3.40. The fourth-order valence-corrected chi connectivity index (χ4v) is 12.0. The van der Waals surface area contributed by atoms with Crippen molar-refractivity contribution in [1.29, 1.82) is 0 Å². The fraction of sp³-hybridized carbons (Fsp3) is 0.853. The molecule has 1 aliphatic heterocycles. The number of hydrogen-bond acceptors (Lipinski definition) is 6. The summed E-state index contributed by atoms with van der Waals surface area (Å²) in [5.41, 5.74) is -1.25. The second kappa shape index (κ2) is 8.23. The third-order valence-corrected chi connectivity index (χ3v) is 13.8. The Labute approximate surface area is 240 Å². The topological polar surface area (TPSA) is 78.9 Å². The second-order valence-corrected chi connectivity index (χ2v) is 16.3. The molecule has 222 valence electrons. The summed E-state index contributed by atoms with van der Waals surface area (Å²) in [6.07, 6.45) is 11.9. The zero-order chi connectivity index (χ0) is 29.3. The van der Waals surface area contributed by atoms with Crippen molar-refractivity contribution in [1.82, 2.24) is 0 Å². The van der Waals surface area contributed by atoms with Crippen LogP contribution in [0.3, 0.4) is 0 Å². The van der Waals surface area contributed by atoms with E-state index in [0.717, 1.165) is 44.9 Å². The summed E-state index contributed by atoms with van der Waals surface area (Å²) in [5, 5.41) is 0. The maximum absolute atomic E-state index is 12.9. The highest BCUT2D eigenvalue weighted by Crippen LogP contribution is 2.88. The molecule has 5 aliphatic carbocycles. The van der Waals surface area contributed by atoms with Crippen LogP contribution in [0.25, 0.3) is 0 Å². The molecule has 40 heavy (non-hydrogen) atoms. The van der Waals surface area contributed by atoms with Crippen LogP contribution >= 0.6 is 0 Å². The largest absolute Gasteiger partial charge is 0.462 e. The van der Waals surface area contributed by atoms with Crippen LogP contribution < -0.4 is 0 Å². The molecule has 0 amide bonds. The van der Waals surface area contributed by atoms with Gasteiger partial charge in [-0.3, -0.25) is 14.4 Å². The zero-order valence-electron chi connectivity index (χ0n) is 26.1. The van der Waals surface area contributed by atoms with Crippen LogP contribution in [0.15, 0.2) is 12.2 Å². The predicted octanol–water partition coefficient (Wildman–Crippen LogP) is 6.59. The molecule has 4 saturated carbocycles. The number of ketones is 1. The molecule has 5 fully saturated rings. The zero-order valence-corrected chi connectivity index (χ0v) is 26.1. The lowest BCUT2D eigenvalue weighted by atomic mass is 9.42. The fourth-order valence-electron chi connectivity index (χ4n) is 12.0. The van der Waals surface area contributed by atoms with Gasteiger partial charge in [0.15, 0.2) is 5.78 Å². The Hall–Kier alpha value is -1.69. The molecule has 6 heteroatoms. The molecule has 10 atom stereocenters. The first kappa shape index (κ1) is 28.4. The van der Waals surface area contributed by atoms with Gasteiger partial charge in [0.05, 0.1) is 11.7 Å². The van der Waals surface area contributed by atoms with Crippen LogP contribution in [-0.2, 0) is 28.6 Å². The van der Waals surface area contributed by atoms with Crippen molar-refractivity contribution in [2.45, 2.75) is 137 Å². The van der Waals surface area contributed by atoms with Crippen LogP contribution in [-0.4, -0.2) is 41.1 Å². The quantitative estimate of drug-likeness (QED) is 0.365. The van der Waals surface area contributed by atoms with Crippen molar-refractivity contribution >= 4 is 17.7 Å². The number of rotatable bonds is 4. The number of carbonyl (C=O) groups is 3. The number of esters is 2. The molecule has 0 aromatic carbocycles. The molecule has 2 spiro atoms. The van der Waals surface area contributed by atoms with Gasteiger partial charge in [-0.2, -0.15) is 0 Å². The van der Waals surface area contributed by atoms with E-state index < -0.39 is 11.2 Å². The second-order valence-electron chi connectivity index (χ2n) is 16.3. The molecule has 0 bridgehead atoms. The lowest BCUT2D eigenvalue weighted by Crippen LogP contribution is -2.58. The molecule has 0 aromatic rings. The third-order valence-electron chi connectivity index (χ3n) is 13.8. The van der Waals surface area contributed by atoms with Crippen LogP contribution in [0.1, 0.15) is 114 Å². The number of allylic oxidation sites excluding steroid dienone is 2. The standard InChI is InChI=1S/C34H50O6/c1-20(35)38-22-18-31(8)24-11-10-23-28(3,4)25(37)12-15-33(23)19-34(24,33)17-16-30(31,7)27(22)32(9)14-13-26(40-32)29(5,6)39-21(2)36/h12,15,22-24,26-27H,10-11,13-14,16-19H2,1-9H3/t22?,23?,24?,26-,27?,30-,31+,32+,33-,34+/m1/s1. The number of fused-ring (bicyclic) bond motifs is 2. The highest BCUT2D eigenvalue weighted by atomic mass is 16.6. The SMILES string of the molecule is CC(=O)OC1C[C@@]2(C)C3CCC4C(C)(C)C(=O)C=C[C@@]45C[C@@]35CC[C@]2(C)C1[C@]1(C)CC[C@H](C(C)(C)OC(C)=O)O1. The van der Waals surface area contributed by atoms with E-state index in [-0.39, 0.29) is 62.9 Å². The molecular formula is C34H50O6. The molecule has 1 saturated heterocycles. The Balaban J connectivity index is 1.37. The van der Waals surface area contributed by atoms with E-state index in [1.54, 1.807) is 0 Å². The molecule has 0 aromatic heterocycles. The van der Waals surface area contributed by atoms with E-state index in [1.807, 2.05) is 19.9 Å². The van der Waals surface area contributed by atoms with Crippen molar-refractivity contribution in [2.24, 2.45) is 44.8 Å². The number of carbonyl (C=O) groups excluding carboxylic acids is 3. The highest BCUT2D eigenvalue weighted by molar-refractivity contribution is 5.96. The van der Waals surface area contributed by atoms with Crippen LogP contribution in [0.5, 0.6) is 0 Å². The van der Waals surface area contributed by atoms with Gasteiger partial charge in [-0.1, -0.05) is 33.8 Å². The van der Waals surface area contributed by atoms with Crippen LogP contribution in [0.4, 0.5) is 0 Å². The minimum Gasteiger partial charge on any atom is -0.462 e. The maximum Gasteiger partial charge on any atom is 0.303 e. The first-order valence-electron chi connectivity index (χ1n) is 15.7. The van der Waals surface area contributed by atoms with Crippen molar-refractivity contribution < 1.29 is 28.6 Å². The Morgan fingerprint density at radius 3 is 2.25 bits per heavy atom. The Bertz CT molecular complexity index is 1180. The summed E-state index contributed by atoms with van der Waals surface area (Å²) >= 11 is 0. The van der Waals surface area contributed by atoms with E-state index in [4.69, 9.17) is 14.2 Å². The first-order valence-corrected chi connectivity index (χ1v) is 15.7. The van der Waals surface area contributed by atoms with Gasteiger partial charge in [0.1, 0.15) is 11.7 Å². The van der Waals surface area contributed by atoms with Crippen LogP contribution in [0, 0.1) is 44.8 Å². The van der Waals surface area contributed by atoms with Crippen molar-refractivity contribution in [2.75, 3.05) is 0 Å². The van der Waals surface area contributed by atoms with Gasteiger partial charge < -0.3 is 14.2 Å². The van der Waals surface area contributed by atoms with Gasteiger partial charge in [-0.25, -0.2) is 0 Å². The van der Waals surface area contributed by atoms with E-state index in [9.17, 15) is 14.4 Å². The summed E-state index contributed by atoms with van der Waals surface area (Å²) in [6, 6.07) is 0. The van der Waals surface area contributed by atoms with E-state index in [0.29, 0.717) is 11.8 Å². The Kier molecular flexibility index (Phi) is 5.85. The van der Waals surface area contributed by atoms with Crippen molar-refractivity contribution in [3.05, 3.63) is 12.2 Å². The lowest BCUT2D eigenvalue weighted by Gasteiger charge is -2.62. The normalized spacial score (nSPS) is 50.3. The van der Waals surface area contributed by atoms with Gasteiger partial charge in [-0.15, -0.1) is 0 Å². The number of hydrogen-bond donors (Lipinski definition) is 0. The average molecular weight is 555 g/mol. The monoisotopic (exact) mass is 554 g/mol. The van der Waals surface area contributed by atoms with Gasteiger partial charge in [0.2, 0.25) is 0 Å². The lowest BCUT2D eigenvalue weighted by molar-refractivity contribution is -0.203. The average Bonchev–Trinajstić information content (AvgIpc) is 3.20. The predicted molar refractivity (Wildman–Crippen MR) is 151 cm³/mol. The number of ether oxygens (including phenoxy) is 3.